The number of anilines is 2. The van der Waals surface area contributed by atoms with Gasteiger partial charge in [-0.05, 0) is 26.0 Å². The van der Waals surface area contributed by atoms with E-state index in [4.69, 9.17) is 17.3 Å². The predicted octanol–water partition coefficient (Wildman–Crippen LogP) is 2.16. The van der Waals surface area contributed by atoms with Crippen LogP contribution in [0.3, 0.4) is 0 Å². The third-order valence-electron chi connectivity index (χ3n) is 1.98. The Morgan fingerprint density at radius 3 is 2.62 bits per heavy atom. The number of nitrogens with zero attached hydrogens (tertiary/aromatic N) is 2. The van der Waals surface area contributed by atoms with Crippen LogP contribution < -0.4 is 10.6 Å². The lowest BCUT2D eigenvalue weighted by Gasteiger charge is -2.23. The Morgan fingerprint density at radius 2 is 2.08 bits per heavy atom. The molecule has 0 amide bonds. The minimum atomic E-state index is 0.355. The van der Waals surface area contributed by atoms with Crippen LogP contribution in [0.15, 0.2) is 12.1 Å². The maximum absolute atomic E-state index is 5.77. The molecule has 0 fully saturated rings. The van der Waals surface area contributed by atoms with Crippen molar-refractivity contribution in [1.82, 2.24) is 4.98 Å². The summed E-state index contributed by atoms with van der Waals surface area (Å²) in [4.78, 5) is 6.15. The van der Waals surface area contributed by atoms with Crippen molar-refractivity contribution in [3.05, 3.63) is 17.3 Å². The van der Waals surface area contributed by atoms with Crippen molar-refractivity contribution in [2.24, 2.45) is 0 Å². The second-order valence-electron chi connectivity index (χ2n) is 3.25. The molecule has 13 heavy (non-hydrogen) atoms. The molecule has 0 spiro atoms. The molecule has 1 aromatic heterocycles. The van der Waals surface area contributed by atoms with Gasteiger partial charge in [-0.1, -0.05) is 11.6 Å². The molecule has 0 aliphatic heterocycles. The second-order valence-corrected chi connectivity index (χ2v) is 3.64. The van der Waals surface area contributed by atoms with Crippen LogP contribution in [0, 0.1) is 0 Å². The van der Waals surface area contributed by atoms with Crippen LogP contribution >= 0.6 is 11.6 Å². The van der Waals surface area contributed by atoms with E-state index in [0.29, 0.717) is 16.9 Å². The van der Waals surface area contributed by atoms with Gasteiger partial charge in [0, 0.05) is 13.1 Å². The van der Waals surface area contributed by atoms with E-state index in [9.17, 15) is 0 Å². The number of hydrogen-bond acceptors (Lipinski definition) is 3. The Hall–Kier alpha value is -0.960. The molecule has 0 saturated carbocycles. The van der Waals surface area contributed by atoms with Crippen molar-refractivity contribution in [2.45, 2.75) is 19.9 Å². The highest BCUT2D eigenvalue weighted by Gasteiger charge is 2.10. The van der Waals surface area contributed by atoms with Gasteiger partial charge in [-0.25, -0.2) is 4.98 Å². The highest BCUT2D eigenvalue weighted by Crippen LogP contribution is 2.22. The predicted molar refractivity (Wildman–Crippen MR) is 57.2 cm³/mol. The van der Waals surface area contributed by atoms with Gasteiger partial charge in [0.15, 0.2) is 5.82 Å². The highest BCUT2D eigenvalue weighted by molar-refractivity contribution is 6.29. The second kappa shape index (κ2) is 3.83. The third kappa shape index (κ3) is 2.25. The summed E-state index contributed by atoms with van der Waals surface area (Å²) >= 11 is 5.77. The van der Waals surface area contributed by atoms with Crippen LogP contribution in [0.5, 0.6) is 0 Å². The maximum atomic E-state index is 5.77. The minimum absolute atomic E-state index is 0.355. The summed E-state index contributed by atoms with van der Waals surface area (Å²) in [6, 6.07) is 3.81. The summed E-state index contributed by atoms with van der Waals surface area (Å²) in [5, 5.41) is 0.469. The summed E-state index contributed by atoms with van der Waals surface area (Å²) in [6.07, 6.45) is 0. The molecular weight excluding hydrogens is 186 g/mol. The molecular formula is C9H14ClN3. The molecule has 0 aromatic carbocycles. The molecule has 1 heterocycles. The normalized spacial score (nSPS) is 10.5. The average Bonchev–Trinajstić information content (AvgIpc) is 2.08. The van der Waals surface area contributed by atoms with E-state index in [1.165, 1.54) is 0 Å². The van der Waals surface area contributed by atoms with Gasteiger partial charge in [0.2, 0.25) is 0 Å². The summed E-state index contributed by atoms with van der Waals surface area (Å²) in [6.45, 7) is 4.14. The van der Waals surface area contributed by atoms with E-state index in [-0.39, 0.29) is 0 Å². The molecule has 0 saturated heterocycles. The number of aromatic nitrogens is 1. The first-order valence-electron chi connectivity index (χ1n) is 4.17. The van der Waals surface area contributed by atoms with Crippen LogP contribution in [0.4, 0.5) is 11.5 Å². The Balaban J connectivity index is 3.05. The summed E-state index contributed by atoms with van der Waals surface area (Å²) in [7, 11) is 1.94. The van der Waals surface area contributed by atoms with Crippen molar-refractivity contribution in [1.29, 1.82) is 0 Å². The Morgan fingerprint density at radius 1 is 1.46 bits per heavy atom. The van der Waals surface area contributed by atoms with E-state index in [1.807, 2.05) is 11.9 Å². The number of rotatable bonds is 2. The summed E-state index contributed by atoms with van der Waals surface area (Å²) in [5.74, 6) is 0.738. The van der Waals surface area contributed by atoms with Gasteiger partial charge >= 0.3 is 0 Å². The van der Waals surface area contributed by atoms with Gasteiger partial charge in [0.1, 0.15) is 5.15 Å². The van der Waals surface area contributed by atoms with Crippen LogP contribution in [-0.4, -0.2) is 18.1 Å². The summed E-state index contributed by atoms with van der Waals surface area (Å²) in [5.41, 5.74) is 6.42. The number of pyridine rings is 1. The third-order valence-corrected chi connectivity index (χ3v) is 2.19. The van der Waals surface area contributed by atoms with Crippen molar-refractivity contribution >= 4 is 23.1 Å². The largest absolute Gasteiger partial charge is 0.396 e. The molecule has 2 N–H and O–H groups in total. The zero-order chi connectivity index (χ0) is 10.0. The lowest BCUT2D eigenvalue weighted by molar-refractivity contribution is 0.744. The van der Waals surface area contributed by atoms with Gasteiger partial charge in [0.05, 0.1) is 5.69 Å². The van der Waals surface area contributed by atoms with Gasteiger partial charge in [-0.3, -0.25) is 0 Å². The maximum Gasteiger partial charge on any atom is 0.153 e. The van der Waals surface area contributed by atoms with Gasteiger partial charge in [-0.15, -0.1) is 0 Å². The molecule has 4 heteroatoms. The molecule has 72 valence electrons. The van der Waals surface area contributed by atoms with Gasteiger partial charge in [0.25, 0.3) is 0 Å². The fourth-order valence-corrected chi connectivity index (χ4v) is 1.11. The van der Waals surface area contributed by atoms with Crippen LogP contribution in [0.25, 0.3) is 0 Å². The van der Waals surface area contributed by atoms with E-state index in [0.717, 1.165) is 5.82 Å². The van der Waals surface area contributed by atoms with E-state index in [1.54, 1.807) is 12.1 Å². The SMILES string of the molecule is CC(C)N(C)c1nc(Cl)ccc1N. The molecule has 0 aliphatic carbocycles. The molecule has 0 bridgehead atoms. The molecule has 1 aromatic rings. The number of nitrogen functional groups attached to an aromatic ring is 1. The molecule has 0 radical (unpaired) electrons. The first kappa shape index (κ1) is 10.1. The van der Waals surface area contributed by atoms with Gasteiger partial charge in [-0.2, -0.15) is 0 Å². The van der Waals surface area contributed by atoms with E-state index in [2.05, 4.69) is 18.8 Å². The smallest absolute Gasteiger partial charge is 0.153 e. The molecule has 0 atom stereocenters. The van der Waals surface area contributed by atoms with Crippen LogP contribution in [0.2, 0.25) is 5.15 Å². The van der Waals surface area contributed by atoms with Crippen LogP contribution in [0.1, 0.15) is 13.8 Å². The Bertz CT molecular complexity index is 299. The summed E-state index contributed by atoms with van der Waals surface area (Å²) < 4.78 is 0. The van der Waals surface area contributed by atoms with Gasteiger partial charge < -0.3 is 10.6 Å². The minimum Gasteiger partial charge on any atom is -0.396 e. The van der Waals surface area contributed by atoms with Crippen molar-refractivity contribution in [2.75, 3.05) is 17.7 Å². The molecule has 0 unspecified atom stereocenters. The quantitative estimate of drug-likeness (QED) is 0.743. The van der Waals surface area contributed by atoms with E-state index >= 15 is 0 Å². The first-order valence-corrected chi connectivity index (χ1v) is 4.55. The Labute approximate surface area is 83.5 Å². The standard InChI is InChI=1S/C9H14ClN3/c1-6(2)13(3)9-7(11)4-5-8(10)12-9/h4-6H,11H2,1-3H3. The number of hydrogen-bond donors (Lipinski definition) is 1. The van der Waals surface area contributed by atoms with Crippen molar-refractivity contribution in [3.63, 3.8) is 0 Å². The Kier molecular flexibility index (Phi) is 2.98. The fourth-order valence-electron chi connectivity index (χ4n) is 0.963. The fraction of sp³-hybridized carbons (Fsp3) is 0.444. The molecule has 1 rings (SSSR count). The lowest BCUT2D eigenvalue weighted by atomic mass is 10.3. The van der Waals surface area contributed by atoms with Crippen molar-refractivity contribution in [3.8, 4) is 0 Å². The van der Waals surface area contributed by atoms with E-state index < -0.39 is 0 Å². The molecule has 3 nitrogen and oxygen atoms in total. The lowest BCUT2D eigenvalue weighted by Crippen LogP contribution is -2.27. The average molecular weight is 200 g/mol. The van der Waals surface area contributed by atoms with Crippen LogP contribution in [-0.2, 0) is 0 Å². The zero-order valence-electron chi connectivity index (χ0n) is 8.08. The number of nitrogens with two attached hydrogens (primary N) is 1. The van der Waals surface area contributed by atoms with Crippen molar-refractivity contribution < 1.29 is 0 Å². The topological polar surface area (TPSA) is 42.2 Å². The zero-order valence-corrected chi connectivity index (χ0v) is 8.84. The monoisotopic (exact) mass is 199 g/mol. The molecule has 0 aliphatic rings. The number of halogens is 1. The highest BCUT2D eigenvalue weighted by atomic mass is 35.5. The first-order chi connectivity index (χ1) is 6.02.